The molecule has 0 atom stereocenters. The van der Waals surface area contributed by atoms with Crippen LogP contribution in [0.25, 0.3) is 0 Å². The third-order valence-electron chi connectivity index (χ3n) is 7.29. The average molecular weight is 468 g/mol. The molecule has 1 heterocycles. The first kappa shape index (κ1) is 28.7. The second-order valence-electron chi connectivity index (χ2n) is 10.4. The van der Waals surface area contributed by atoms with Crippen molar-refractivity contribution in [3.8, 4) is 0 Å². The second-order valence-corrected chi connectivity index (χ2v) is 10.4. The Morgan fingerprint density at radius 3 is 1.65 bits per heavy atom. The van der Waals surface area contributed by atoms with Gasteiger partial charge in [0, 0.05) is 6.42 Å². The van der Waals surface area contributed by atoms with Crippen LogP contribution in [0.15, 0.2) is 42.7 Å². The van der Waals surface area contributed by atoms with Gasteiger partial charge in [0.05, 0.1) is 6.54 Å². The molecule has 0 saturated heterocycles. The van der Waals surface area contributed by atoms with Gasteiger partial charge in [-0.1, -0.05) is 140 Å². The van der Waals surface area contributed by atoms with Crippen molar-refractivity contribution in [2.75, 3.05) is 0 Å². The minimum Gasteiger partial charge on any atom is -0.234 e. The molecule has 0 saturated carbocycles. The first-order valence-corrected chi connectivity index (χ1v) is 15.0. The molecular weight excluding hydrogens is 412 g/mol. The zero-order valence-corrected chi connectivity index (χ0v) is 22.8. The summed E-state index contributed by atoms with van der Waals surface area (Å²) in [6.07, 6.45) is 31.1. The first-order valence-electron chi connectivity index (χ1n) is 15.0. The van der Waals surface area contributed by atoms with Crippen LogP contribution in [-0.2, 0) is 19.5 Å². The molecule has 1 aromatic heterocycles. The van der Waals surface area contributed by atoms with Crippen molar-refractivity contribution in [3.63, 3.8) is 0 Å². The number of nitrogens with zero attached hydrogens (tertiary/aromatic N) is 2. The minimum absolute atomic E-state index is 0.997. The van der Waals surface area contributed by atoms with Gasteiger partial charge in [-0.05, 0) is 24.8 Å². The van der Waals surface area contributed by atoms with E-state index >= 15 is 0 Å². The van der Waals surface area contributed by atoms with Crippen LogP contribution in [0, 0.1) is 0 Å². The van der Waals surface area contributed by atoms with Gasteiger partial charge < -0.3 is 0 Å². The van der Waals surface area contributed by atoms with Crippen LogP contribution in [-0.4, -0.2) is 4.57 Å². The van der Waals surface area contributed by atoms with E-state index in [0.717, 1.165) is 6.54 Å². The molecule has 1 aromatic carbocycles. The molecular formula is C32H55N2+. The highest BCUT2D eigenvalue weighted by atomic mass is 15.1. The lowest BCUT2D eigenvalue weighted by molar-refractivity contribution is -0.695. The van der Waals surface area contributed by atoms with Gasteiger partial charge in [-0.3, -0.25) is 0 Å². The molecule has 2 nitrogen and oxygen atoms in total. The number of aromatic nitrogens is 2. The number of unbranched alkanes of at least 4 members (excludes halogenated alkanes) is 16. The molecule has 2 aromatic rings. The van der Waals surface area contributed by atoms with Crippen molar-refractivity contribution in [1.82, 2.24) is 4.57 Å². The van der Waals surface area contributed by atoms with Gasteiger partial charge in [0.1, 0.15) is 18.9 Å². The molecule has 0 fully saturated rings. The van der Waals surface area contributed by atoms with E-state index in [-0.39, 0.29) is 0 Å². The highest BCUT2D eigenvalue weighted by Gasteiger charge is 2.17. The van der Waals surface area contributed by atoms with Crippen LogP contribution in [0.1, 0.15) is 141 Å². The second kappa shape index (κ2) is 19.7. The van der Waals surface area contributed by atoms with E-state index in [9.17, 15) is 0 Å². The molecule has 0 unspecified atom stereocenters. The molecule has 0 N–H and O–H groups in total. The number of hydrogen-bond acceptors (Lipinski definition) is 0. The Morgan fingerprint density at radius 2 is 1.09 bits per heavy atom. The smallest absolute Gasteiger partial charge is 0.234 e. The fourth-order valence-electron chi connectivity index (χ4n) is 5.10. The SMILES string of the molecule is CCCCCCCCCCCCCCCn1cc[n+](Cc2ccccc2)c1CCCCCCC. The van der Waals surface area contributed by atoms with Crippen molar-refractivity contribution in [1.29, 1.82) is 0 Å². The molecule has 0 aliphatic carbocycles. The largest absolute Gasteiger partial charge is 0.256 e. The Morgan fingerprint density at radius 1 is 0.588 bits per heavy atom. The van der Waals surface area contributed by atoms with Gasteiger partial charge in [-0.25, -0.2) is 9.13 Å². The summed E-state index contributed by atoms with van der Waals surface area (Å²) in [4.78, 5) is 0. The van der Waals surface area contributed by atoms with Gasteiger partial charge >= 0.3 is 0 Å². The maximum Gasteiger partial charge on any atom is 0.256 e. The third-order valence-corrected chi connectivity index (χ3v) is 7.29. The number of aryl methyl sites for hydroxylation is 1. The van der Waals surface area contributed by atoms with E-state index < -0.39 is 0 Å². The quantitative estimate of drug-likeness (QED) is 0.120. The van der Waals surface area contributed by atoms with Crippen LogP contribution in [0.5, 0.6) is 0 Å². The maximum absolute atomic E-state index is 2.56. The first-order chi connectivity index (χ1) is 16.8. The summed E-state index contributed by atoms with van der Waals surface area (Å²) in [7, 11) is 0. The molecule has 0 aliphatic heterocycles. The van der Waals surface area contributed by atoms with Crippen molar-refractivity contribution in [2.45, 2.75) is 149 Å². The fourth-order valence-corrected chi connectivity index (χ4v) is 5.10. The zero-order valence-electron chi connectivity index (χ0n) is 22.8. The average Bonchev–Trinajstić information content (AvgIpc) is 3.23. The summed E-state index contributed by atoms with van der Waals surface area (Å²) in [5.74, 6) is 1.53. The summed E-state index contributed by atoms with van der Waals surface area (Å²) in [6.45, 7) is 6.78. The summed E-state index contributed by atoms with van der Waals surface area (Å²) >= 11 is 0. The topological polar surface area (TPSA) is 8.81 Å². The fraction of sp³-hybridized carbons (Fsp3) is 0.719. The number of imidazole rings is 1. The predicted molar refractivity (Wildman–Crippen MR) is 148 cm³/mol. The molecule has 34 heavy (non-hydrogen) atoms. The van der Waals surface area contributed by atoms with Crippen LogP contribution >= 0.6 is 0 Å². The summed E-state index contributed by atoms with van der Waals surface area (Å²) in [5, 5.41) is 0. The minimum atomic E-state index is 0.997. The summed E-state index contributed by atoms with van der Waals surface area (Å²) in [5.41, 5.74) is 1.40. The Hall–Kier alpha value is -1.57. The highest BCUT2D eigenvalue weighted by molar-refractivity contribution is 5.13. The lowest BCUT2D eigenvalue weighted by Crippen LogP contribution is -2.37. The standard InChI is InChI=1S/C32H55N2/c1-3-5-7-9-10-11-12-13-14-15-16-18-23-27-33-28-29-34(30-31-24-20-19-21-25-31)32(33)26-22-17-8-6-4-2/h19-21,24-25,28-29H,3-18,22-23,26-27,30H2,1-2H3/q+1. The molecule has 0 spiro atoms. The Kier molecular flexibility index (Phi) is 16.6. The number of hydrogen-bond donors (Lipinski definition) is 0. The van der Waals surface area contributed by atoms with Crippen LogP contribution in [0.3, 0.4) is 0 Å². The summed E-state index contributed by atoms with van der Waals surface area (Å²) in [6, 6.07) is 10.9. The highest BCUT2D eigenvalue weighted by Crippen LogP contribution is 2.14. The molecule has 0 bridgehead atoms. The van der Waals surface area contributed by atoms with E-state index in [1.807, 2.05) is 0 Å². The Labute approximate surface area is 212 Å². The van der Waals surface area contributed by atoms with Gasteiger partial charge in [-0.15, -0.1) is 0 Å². The van der Waals surface area contributed by atoms with Gasteiger partial charge in [0.25, 0.3) is 5.82 Å². The van der Waals surface area contributed by atoms with Crippen molar-refractivity contribution in [2.24, 2.45) is 0 Å². The molecule has 2 heteroatoms. The molecule has 0 aliphatic rings. The van der Waals surface area contributed by atoms with E-state index in [4.69, 9.17) is 0 Å². The molecule has 0 amide bonds. The monoisotopic (exact) mass is 467 g/mol. The van der Waals surface area contributed by atoms with Crippen LogP contribution in [0.2, 0.25) is 0 Å². The summed E-state index contributed by atoms with van der Waals surface area (Å²) < 4.78 is 5.05. The predicted octanol–water partition coefficient (Wildman–Crippen LogP) is 9.43. The van der Waals surface area contributed by atoms with Gasteiger partial charge in [0.2, 0.25) is 0 Å². The Bertz CT molecular complexity index is 703. The van der Waals surface area contributed by atoms with Crippen molar-refractivity contribution >= 4 is 0 Å². The van der Waals surface area contributed by atoms with E-state index in [2.05, 4.69) is 65.7 Å². The normalized spacial score (nSPS) is 11.4. The van der Waals surface area contributed by atoms with Gasteiger partial charge in [0.15, 0.2) is 0 Å². The zero-order chi connectivity index (χ0) is 24.1. The lowest BCUT2D eigenvalue weighted by Gasteiger charge is -2.07. The van der Waals surface area contributed by atoms with E-state index in [1.54, 1.807) is 0 Å². The van der Waals surface area contributed by atoms with Crippen molar-refractivity contribution < 1.29 is 4.57 Å². The molecule has 192 valence electrons. The molecule has 2 rings (SSSR count). The third kappa shape index (κ3) is 12.8. The van der Waals surface area contributed by atoms with Gasteiger partial charge in [-0.2, -0.15) is 0 Å². The van der Waals surface area contributed by atoms with E-state index in [1.165, 1.54) is 140 Å². The van der Waals surface area contributed by atoms with E-state index in [0.29, 0.717) is 0 Å². The lowest BCUT2D eigenvalue weighted by atomic mass is 10.0. The van der Waals surface area contributed by atoms with Crippen LogP contribution < -0.4 is 4.57 Å². The van der Waals surface area contributed by atoms with Crippen LogP contribution in [0.4, 0.5) is 0 Å². The van der Waals surface area contributed by atoms with Crippen molar-refractivity contribution in [3.05, 3.63) is 54.1 Å². The Balaban J connectivity index is 1.66. The number of benzene rings is 1. The molecule has 0 radical (unpaired) electrons. The number of rotatable bonds is 22. The maximum atomic E-state index is 2.56.